The highest BCUT2D eigenvalue weighted by atomic mass is 19.3. The molecule has 1 saturated heterocycles. The normalized spacial score (nSPS) is 17.7. The second-order valence-electron chi connectivity index (χ2n) is 7.39. The van der Waals surface area contributed by atoms with Crippen molar-refractivity contribution in [2.75, 3.05) is 23.3 Å². The van der Waals surface area contributed by atoms with E-state index in [1.54, 1.807) is 13.1 Å². The number of alkyl halides is 2. The van der Waals surface area contributed by atoms with Gasteiger partial charge in [-0.2, -0.15) is 4.98 Å². The molecule has 1 fully saturated rings. The Morgan fingerprint density at radius 3 is 2.80 bits per heavy atom. The predicted molar refractivity (Wildman–Crippen MR) is 108 cm³/mol. The first-order chi connectivity index (χ1) is 14.3. The SMILES string of the molecule is C[C@@H](Nc1nc(=O)[nH]c2ncc(N3CCC(N)C3)cc12)c1cccc(C(F)F)c1F. The van der Waals surface area contributed by atoms with Crippen LogP contribution in [0.15, 0.2) is 35.3 Å². The zero-order valence-corrected chi connectivity index (χ0v) is 16.2. The number of hydrogen-bond acceptors (Lipinski definition) is 6. The third kappa shape index (κ3) is 3.82. The quantitative estimate of drug-likeness (QED) is 0.589. The van der Waals surface area contributed by atoms with Crippen molar-refractivity contribution >= 4 is 22.5 Å². The highest BCUT2D eigenvalue weighted by Crippen LogP contribution is 2.30. The van der Waals surface area contributed by atoms with Gasteiger partial charge >= 0.3 is 5.69 Å². The molecule has 3 aromatic rings. The Bertz CT molecular complexity index is 1140. The second-order valence-corrected chi connectivity index (χ2v) is 7.39. The molecule has 1 aliphatic heterocycles. The number of pyridine rings is 1. The molecule has 2 aromatic heterocycles. The summed E-state index contributed by atoms with van der Waals surface area (Å²) in [6.45, 7) is 3.09. The van der Waals surface area contributed by atoms with Crippen LogP contribution < -0.4 is 21.6 Å². The summed E-state index contributed by atoms with van der Waals surface area (Å²) < 4.78 is 40.6. The van der Waals surface area contributed by atoms with Crippen LogP contribution in [0.4, 0.5) is 24.7 Å². The van der Waals surface area contributed by atoms with E-state index >= 15 is 0 Å². The Kier molecular flexibility index (Phi) is 5.33. The average molecular weight is 418 g/mol. The van der Waals surface area contributed by atoms with Crippen LogP contribution >= 0.6 is 0 Å². The fraction of sp³-hybridized carbons (Fsp3) is 0.350. The maximum Gasteiger partial charge on any atom is 0.348 e. The van der Waals surface area contributed by atoms with Gasteiger partial charge < -0.3 is 16.0 Å². The van der Waals surface area contributed by atoms with Gasteiger partial charge in [0.15, 0.2) is 0 Å². The molecule has 0 aliphatic carbocycles. The van der Waals surface area contributed by atoms with Crippen LogP contribution in [0.25, 0.3) is 11.0 Å². The molecule has 2 atom stereocenters. The Balaban J connectivity index is 1.71. The number of nitrogens with one attached hydrogen (secondary N) is 2. The van der Waals surface area contributed by atoms with Crippen LogP contribution in [0.2, 0.25) is 0 Å². The van der Waals surface area contributed by atoms with Crippen LogP contribution in [-0.2, 0) is 0 Å². The first-order valence-corrected chi connectivity index (χ1v) is 9.57. The number of nitrogens with zero attached hydrogens (tertiary/aromatic N) is 3. The molecule has 0 saturated carbocycles. The lowest BCUT2D eigenvalue weighted by molar-refractivity contribution is 0.146. The third-order valence-corrected chi connectivity index (χ3v) is 5.27. The van der Waals surface area contributed by atoms with E-state index in [1.165, 1.54) is 12.1 Å². The summed E-state index contributed by atoms with van der Waals surface area (Å²) in [5, 5.41) is 3.51. The molecule has 1 aromatic carbocycles. The molecule has 3 heterocycles. The van der Waals surface area contributed by atoms with Gasteiger partial charge in [-0.05, 0) is 19.4 Å². The summed E-state index contributed by atoms with van der Waals surface area (Å²) >= 11 is 0. The number of hydrogen-bond donors (Lipinski definition) is 3. The van der Waals surface area contributed by atoms with Crippen LogP contribution in [-0.4, -0.2) is 34.1 Å². The maximum atomic E-state index is 14.5. The van der Waals surface area contributed by atoms with E-state index in [-0.39, 0.29) is 17.4 Å². The van der Waals surface area contributed by atoms with Crippen molar-refractivity contribution in [3.05, 3.63) is 57.9 Å². The molecule has 4 rings (SSSR count). The highest BCUT2D eigenvalue weighted by Gasteiger charge is 2.22. The number of H-pyrrole nitrogens is 1. The van der Waals surface area contributed by atoms with Crippen molar-refractivity contribution in [3.8, 4) is 0 Å². The lowest BCUT2D eigenvalue weighted by Gasteiger charge is -2.20. The highest BCUT2D eigenvalue weighted by molar-refractivity contribution is 5.88. The number of aromatic nitrogens is 3. The van der Waals surface area contributed by atoms with E-state index in [1.807, 2.05) is 6.07 Å². The Morgan fingerprint density at radius 2 is 2.10 bits per heavy atom. The zero-order valence-electron chi connectivity index (χ0n) is 16.2. The van der Waals surface area contributed by atoms with E-state index in [4.69, 9.17) is 5.73 Å². The molecule has 0 amide bonds. The maximum absolute atomic E-state index is 14.5. The average Bonchev–Trinajstić information content (AvgIpc) is 3.13. The van der Waals surface area contributed by atoms with Gasteiger partial charge in [0.05, 0.1) is 28.9 Å². The molecule has 1 aliphatic rings. The summed E-state index contributed by atoms with van der Waals surface area (Å²) in [4.78, 5) is 24.9. The number of benzene rings is 1. The summed E-state index contributed by atoms with van der Waals surface area (Å²) in [5.74, 6) is -0.785. The second kappa shape index (κ2) is 7.94. The molecule has 0 radical (unpaired) electrons. The molecular weight excluding hydrogens is 397 g/mol. The van der Waals surface area contributed by atoms with Crippen molar-refractivity contribution in [2.24, 2.45) is 5.73 Å². The van der Waals surface area contributed by atoms with Gasteiger partial charge in [0.25, 0.3) is 6.43 Å². The number of aromatic amines is 1. The van der Waals surface area contributed by atoms with Crippen molar-refractivity contribution in [2.45, 2.75) is 31.9 Å². The van der Waals surface area contributed by atoms with Crippen LogP contribution in [0.1, 0.15) is 36.9 Å². The van der Waals surface area contributed by atoms with E-state index in [0.29, 0.717) is 17.6 Å². The Hall–Kier alpha value is -3.14. The van der Waals surface area contributed by atoms with Gasteiger partial charge in [-0.3, -0.25) is 4.98 Å². The molecule has 158 valence electrons. The topological polar surface area (TPSA) is 99.9 Å². The predicted octanol–water partition coefficient (Wildman–Crippen LogP) is 3.11. The Labute approximate surface area is 170 Å². The summed E-state index contributed by atoms with van der Waals surface area (Å²) in [5.41, 5.74) is 5.89. The van der Waals surface area contributed by atoms with E-state index in [0.717, 1.165) is 24.7 Å². The van der Waals surface area contributed by atoms with E-state index in [9.17, 15) is 18.0 Å². The molecule has 0 spiro atoms. The fourth-order valence-corrected chi connectivity index (χ4v) is 3.68. The monoisotopic (exact) mass is 418 g/mol. The van der Waals surface area contributed by atoms with E-state index < -0.39 is 29.5 Å². The fourth-order valence-electron chi connectivity index (χ4n) is 3.68. The molecule has 1 unspecified atom stereocenters. The standard InChI is InChI=1S/C20H21F3N6O/c1-10(13-3-2-4-14(16(13)21)17(22)23)26-19-15-7-12(29-6-5-11(24)9-29)8-25-18(15)27-20(30)28-19/h2-4,7-8,10-11,17H,5-6,9,24H2,1H3,(H2,25,26,27,28,30)/t10-,11?/m1/s1. The number of fused-ring (bicyclic) bond motifs is 1. The molecule has 4 N–H and O–H groups in total. The number of rotatable bonds is 5. The van der Waals surface area contributed by atoms with Crippen molar-refractivity contribution in [1.29, 1.82) is 0 Å². The summed E-state index contributed by atoms with van der Waals surface area (Å²) in [6, 6.07) is 5.03. The van der Waals surface area contributed by atoms with Gasteiger partial charge in [0, 0.05) is 24.7 Å². The summed E-state index contributed by atoms with van der Waals surface area (Å²) in [6.07, 6.45) is -0.409. The van der Waals surface area contributed by atoms with Crippen LogP contribution in [0, 0.1) is 5.82 Å². The minimum absolute atomic E-state index is 0.0534. The third-order valence-electron chi connectivity index (χ3n) is 5.27. The van der Waals surface area contributed by atoms with Gasteiger partial charge in [-0.15, -0.1) is 0 Å². The minimum atomic E-state index is -2.92. The van der Waals surface area contributed by atoms with Crippen molar-refractivity contribution in [1.82, 2.24) is 15.0 Å². The lowest BCUT2D eigenvalue weighted by atomic mass is 10.0. The van der Waals surface area contributed by atoms with Gasteiger partial charge in [-0.1, -0.05) is 18.2 Å². The molecule has 30 heavy (non-hydrogen) atoms. The van der Waals surface area contributed by atoms with E-state index in [2.05, 4.69) is 25.2 Å². The first kappa shape index (κ1) is 20.1. The largest absolute Gasteiger partial charge is 0.369 e. The van der Waals surface area contributed by atoms with Gasteiger partial charge in [0.1, 0.15) is 17.3 Å². The smallest absolute Gasteiger partial charge is 0.348 e. The van der Waals surface area contributed by atoms with Crippen LogP contribution in [0.3, 0.4) is 0 Å². The van der Waals surface area contributed by atoms with Crippen LogP contribution in [0.5, 0.6) is 0 Å². The number of halogens is 3. The van der Waals surface area contributed by atoms with Gasteiger partial charge in [-0.25, -0.2) is 22.9 Å². The molecule has 0 bridgehead atoms. The summed E-state index contributed by atoms with van der Waals surface area (Å²) in [7, 11) is 0. The number of nitrogens with two attached hydrogens (primary N) is 1. The van der Waals surface area contributed by atoms with Crippen molar-refractivity contribution in [3.63, 3.8) is 0 Å². The van der Waals surface area contributed by atoms with Gasteiger partial charge in [0.2, 0.25) is 0 Å². The van der Waals surface area contributed by atoms with Crippen molar-refractivity contribution < 1.29 is 13.2 Å². The molecular formula is C20H21F3N6O. The Morgan fingerprint density at radius 1 is 1.33 bits per heavy atom. The lowest BCUT2D eigenvalue weighted by Crippen LogP contribution is -2.26. The minimum Gasteiger partial charge on any atom is -0.369 e. The number of anilines is 2. The molecule has 10 heteroatoms. The first-order valence-electron chi connectivity index (χ1n) is 9.57. The zero-order chi connectivity index (χ0) is 21.4. The molecule has 7 nitrogen and oxygen atoms in total.